The fourth-order valence-corrected chi connectivity index (χ4v) is 3.13. The van der Waals surface area contributed by atoms with E-state index in [4.69, 9.17) is 4.42 Å². The zero-order valence-electron chi connectivity index (χ0n) is 15.8. The second-order valence-corrected chi connectivity index (χ2v) is 6.76. The number of oxazole rings is 1. The summed E-state index contributed by atoms with van der Waals surface area (Å²) in [7, 11) is 1.79. The first-order chi connectivity index (χ1) is 12.7. The van der Waals surface area contributed by atoms with Gasteiger partial charge >= 0.3 is 0 Å². The summed E-state index contributed by atoms with van der Waals surface area (Å²) in [6.07, 6.45) is 5.52. The van der Waals surface area contributed by atoms with Gasteiger partial charge in [0, 0.05) is 19.2 Å². The van der Waals surface area contributed by atoms with Crippen LogP contribution < -0.4 is 10.6 Å². The minimum atomic E-state index is 0.584. The number of nitrogens with one attached hydrogen (secondary N) is 2. The molecule has 0 bridgehead atoms. The molecule has 0 amide bonds. The lowest BCUT2D eigenvalue weighted by Crippen LogP contribution is -2.38. The van der Waals surface area contributed by atoms with Gasteiger partial charge in [0.2, 0.25) is 5.89 Å². The normalized spacial score (nSPS) is 15.4. The Morgan fingerprint density at radius 2 is 1.96 bits per heavy atom. The maximum Gasteiger partial charge on any atom is 0.226 e. The first kappa shape index (κ1) is 18.5. The summed E-state index contributed by atoms with van der Waals surface area (Å²) in [6, 6.07) is 8.18. The topological polar surface area (TPSA) is 65.7 Å². The average Bonchev–Trinajstić information content (AvgIpc) is 3.33. The van der Waals surface area contributed by atoms with E-state index in [1.807, 2.05) is 12.1 Å². The minimum absolute atomic E-state index is 0.584. The van der Waals surface area contributed by atoms with Crippen LogP contribution in [0.4, 0.5) is 0 Å². The Labute approximate surface area is 155 Å². The highest BCUT2D eigenvalue weighted by atomic mass is 16.3. The lowest BCUT2D eigenvalue weighted by atomic mass is 10.1. The van der Waals surface area contributed by atoms with Gasteiger partial charge in [0.15, 0.2) is 5.96 Å². The Morgan fingerprint density at radius 1 is 1.19 bits per heavy atom. The van der Waals surface area contributed by atoms with Gasteiger partial charge in [-0.3, -0.25) is 4.99 Å². The Morgan fingerprint density at radius 3 is 2.69 bits per heavy atom. The SMILES string of the molecule is CN=C(NCCCN1CCCC1)NCc1coc(-c2ccc(C)cc2)n1. The van der Waals surface area contributed by atoms with Gasteiger partial charge in [-0.1, -0.05) is 17.7 Å². The van der Waals surface area contributed by atoms with Crippen LogP contribution in [0.2, 0.25) is 0 Å². The summed E-state index contributed by atoms with van der Waals surface area (Å²) in [5.41, 5.74) is 3.08. The third kappa shape index (κ3) is 5.33. The van der Waals surface area contributed by atoms with Crippen molar-refractivity contribution in [3.05, 3.63) is 41.8 Å². The molecule has 0 saturated carbocycles. The maximum absolute atomic E-state index is 5.60. The Balaban J connectivity index is 1.41. The quantitative estimate of drug-likeness (QED) is 0.454. The molecule has 1 saturated heterocycles. The number of hydrogen-bond acceptors (Lipinski definition) is 4. The Bertz CT molecular complexity index is 701. The zero-order valence-corrected chi connectivity index (χ0v) is 15.8. The molecule has 3 rings (SSSR count). The van der Waals surface area contributed by atoms with Gasteiger partial charge in [-0.15, -0.1) is 0 Å². The summed E-state index contributed by atoms with van der Waals surface area (Å²) >= 11 is 0. The molecule has 1 aromatic heterocycles. The van der Waals surface area contributed by atoms with Gasteiger partial charge in [-0.05, 0) is 58.0 Å². The molecule has 26 heavy (non-hydrogen) atoms. The predicted octanol–water partition coefficient (Wildman–Crippen LogP) is 2.80. The number of hydrogen-bond donors (Lipinski definition) is 2. The van der Waals surface area contributed by atoms with Crippen molar-refractivity contribution in [3.8, 4) is 11.5 Å². The molecule has 0 aliphatic carbocycles. The number of aliphatic imine (C=N–C) groups is 1. The molecular formula is C20H29N5O. The molecular weight excluding hydrogens is 326 g/mol. The summed E-state index contributed by atoms with van der Waals surface area (Å²) in [4.78, 5) is 11.3. The minimum Gasteiger partial charge on any atom is -0.444 e. The molecule has 0 unspecified atom stereocenters. The second kappa shape index (κ2) is 9.38. The van der Waals surface area contributed by atoms with Gasteiger partial charge < -0.3 is 20.0 Å². The molecule has 0 spiro atoms. The zero-order chi connectivity index (χ0) is 18.2. The summed E-state index contributed by atoms with van der Waals surface area (Å²) < 4.78 is 5.60. The fraction of sp³-hybridized carbons (Fsp3) is 0.500. The van der Waals surface area contributed by atoms with E-state index in [9.17, 15) is 0 Å². The molecule has 0 radical (unpaired) electrons. The molecule has 2 N–H and O–H groups in total. The molecule has 1 fully saturated rings. The monoisotopic (exact) mass is 355 g/mol. The van der Waals surface area contributed by atoms with Gasteiger partial charge in [0.1, 0.15) is 6.26 Å². The van der Waals surface area contributed by atoms with Crippen molar-refractivity contribution < 1.29 is 4.42 Å². The summed E-state index contributed by atoms with van der Waals surface area (Å²) in [6.45, 7) is 7.24. The standard InChI is InChI=1S/C20H29N5O/c1-16-6-8-17(9-7-16)19-24-18(15-26-19)14-23-20(21-2)22-10-5-13-25-11-3-4-12-25/h6-9,15H,3-5,10-14H2,1-2H3,(H2,21,22,23). The number of likely N-dealkylation sites (tertiary alicyclic amines) is 1. The first-order valence-corrected chi connectivity index (χ1v) is 9.43. The second-order valence-electron chi connectivity index (χ2n) is 6.76. The number of nitrogens with zero attached hydrogens (tertiary/aromatic N) is 3. The van der Waals surface area contributed by atoms with E-state index in [0.717, 1.165) is 36.7 Å². The van der Waals surface area contributed by atoms with E-state index in [1.54, 1.807) is 13.3 Å². The fourth-order valence-electron chi connectivity index (χ4n) is 3.13. The number of benzene rings is 1. The highest BCUT2D eigenvalue weighted by molar-refractivity contribution is 5.79. The third-order valence-electron chi connectivity index (χ3n) is 4.65. The van der Waals surface area contributed by atoms with Gasteiger partial charge in [-0.25, -0.2) is 4.98 Å². The molecule has 1 aromatic carbocycles. The van der Waals surface area contributed by atoms with Crippen molar-refractivity contribution in [2.45, 2.75) is 32.7 Å². The Kier molecular flexibility index (Phi) is 6.66. The molecule has 2 aromatic rings. The molecule has 140 valence electrons. The van der Waals surface area contributed by atoms with E-state index >= 15 is 0 Å². The van der Waals surface area contributed by atoms with Crippen LogP contribution in [0.3, 0.4) is 0 Å². The van der Waals surface area contributed by atoms with E-state index in [1.165, 1.54) is 31.5 Å². The van der Waals surface area contributed by atoms with Crippen LogP contribution >= 0.6 is 0 Å². The van der Waals surface area contributed by atoms with Crippen molar-refractivity contribution in [2.24, 2.45) is 4.99 Å². The lowest BCUT2D eigenvalue weighted by Gasteiger charge is -2.15. The van der Waals surface area contributed by atoms with Crippen molar-refractivity contribution >= 4 is 5.96 Å². The number of aryl methyl sites for hydroxylation is 1. The molecule has 1 aliphatic rings. The molecule has 6 nitrogen and oxygen atoms in total. The molecule has 0 atom stereocenters. The van der Waals surface area contributed by atoms with Gasteiger partial charge in [0.25, 0.3) is 0 Å². The van der Waals surface area contributed by atoms with E-state index in [0.29, 0.717) is 12.4 Å². The van der Waals surface area contributed by atoms with Crippen LogP contribution in [0.15, 0.2) is 39.9 Å². The van der Waals surface area contributed by atoms with Crippen molar-refractivity contribution in [1.29, 1.82) is 0 Å². The largest absolute Gasteiger partial charge is 0.444 e. The first-order valence-electron chi connectivity index (χ1n) is 9.43. The highest BCUT2D eigenvalue weighted by Gasteiger charge is 2.10. The number of guanidine groups is 1. The van der Waals surface area contributed by atoms with Crippen molar-refractivity contribution in [3.63, 3.8) is 0 Å². The van der Waals surface area contributed by atoms with E-state index in [2.05, 4.69) is 44.6 Å². The Hall–Kier alpha value is -2.34. The highest BCUT2D eigenvalue weighted by Crippen LogP contribution is 2.18. The van der Waals surface area contributed by atoms with Crippen molar-refractivity contribution in [2.75, 3.05) is 33.2 Å². The van der Waals surface area contributed by atoms with Gasteiger partial charge in [-0.2, -0.15) is 0 Å². The van der Waals surface area contributed by atoms with Crippen LogP contribution in [-0.2, 0) is 6.54 Å². The maximum atomic E-state index is 5.60. The molecule has 2 heterocycles. The smallest absolute Gasteiger partial charge is 0.226 e. The van der Waals surface area contributed by atoms with Gasteiger partial charge in [0.05, 0.1) is 12.2 Å². The van der Waals surface area contributed by atoms with E-state index in [-0.39, 0.29) is 0 Å². The molecule has 1 aliphatic heterocycles. The van der Waals surface area contributed by atoms with Crippen molar-refractivity contribution in [1.82, 2.24) is 20.5 Å². The third-order valence-corrected chi connectivity index (χ3v) is 4.65. The van der Waals surface area contributed by atoms with Crippen LogP contribution in [0.25, 0.3) is 11.5 Å². The average molecular weight is 355 g/mol. The summed E-state index contributed by atoms with van der Waals surface area (Å²) in [5, 5.41) is 6.65. The predicted molar refractivity (Wildman–Crippen MR) is 105 cm³/mol. The van der Waals surface area contributed by atoms with Crippen LogP contribution in [0.1, 0.15) is 30.5 Å². The summed E-state index contributed by atoms with van der Waals surface area (Å²) in [5.74, 6) is 1.45. The lowest BCUT2D eigenvalue weighted by molar-refractivity contribution is 0.334. The van der Waals surface area contributed by atoms with E-state index < -0.39 is 0 Å². The number of aromatic nitrogens is 1. The van der Waals surface area contributed by atoms with Crippen LogP contribution in [0.5, 0.6) is 0 Å². The van der Waals surface area contributed by atoms with Crippen LogP contribution in [0, 0.1) is 6.92 Å². The molecule has 6 heteroatoms. The number of rotatable bonds is 7. The van der Waals surface area contributed by atoms with Crippen LogP contribution in [-0.4, -0.2) is 49.1 Å².